The topological polar surface area (TPSA) is 152 Å². The lowest BCUT2D eigenvalue weighted by Crippen LogP contribution is -2.22. The molecule has 0 spiro atoms. The predicted octanol–water partition coefficient (Wildman–Crippen LogP) is 4.84. The summed E-state index contributed by atoms with van der Waals surface area (Å²) in [6, 6.07) is 4.68. The van der Waals surface area contributed by atoms with E-state index in [4.69, 9.17) is 16.6 Å². The molecule has 1 heterocycles. The largest absolute Gasteiger partial charge is 0.477 e. The van der Waals surface area contributed by atoms with Gasteiger partial charge in [-0.05, 0) is 24.3 Å². The summed E-state index contributed by atoms with van der Waals surface area (Å²) in [5.41, 5.74) is 8.33. The van der Waals surface area contributed by atoms with E-state index in [9.17, 15) is 45.1 Å². The number of primary amides is 1. The number of fused-ring (bicyclic) bond motifs is 1. The maximum atomic E-state index is 13.4. The maximum absolute atomic E-state index is 13.4. The number of nitrogen functional groups attached to an aromatic ring is 1. The summed E-state index contributed by atoms with van der Waals surface area (Å²) in [5, 5.41) is 7.25. The monoisotopic (exact) mass is 652 g/mol. The van der Waals surface area contributed by atoms with Crippen LogP contribution in [0.1, 0.15) is 23.1 Å². The first-order valence-corrected chi connectivity index (χ1v) is 10.5. The minimum Gasteiger partial charge on any atom is -0.477 e. The quantitative estimate of drug-likeness (QED) is 0.230. The van der Waals surface area contributed by atoms with Crippen molar-refractivity contribution in [2.45, 2.75) is 19.0 Å². The molecule has 0 fully saturated rings. The van der Waals surface area contributed by atoms with Gasteiger partial charge in [0.1, 0.15) is 11.3 Å². The molecule has 17 heteroatoms. The van der Waals surface area contributed by atoms with E-state index >= 15 is 0 Å². The molecule has 0 bridgehead atoms. The number of carbonyl (C=O) groups excluding carboxylic acids is 1. The van der Waals surface area contributed by atoms with Gasteiger partial charge in [0.2, 0.25) is 5.82 Å². The summed E-state index contributed by atoms with van der Waals surface area (Å²) in [6.07, 6.45) is -4.83. The number of nitrogens with one attached hydrogen (secondary N) is 1. The third kappa shape index (κ3) is 8.47. The Morgan fingerprint density at radius 1 is 1.00 bits per heavy atom. The average Bonchev–Trinajstić information content (AvgIpc) is 2.70. The number of alkyl halides is 5. The van der Waals surface area contributed by atoms with E-state index in [0.717, 1.165) is 6.07 Å². The number of aliphatic carboxylic acids is 1. The van der Waals surface area contributed by atoms with Crippen LogP contribution < -0.4 is 17.0 Å². The molecular weight excluding hydrogens is 641 g/mol. The van der Waals surface area contributed by atoms with Crippen molar-refractivity contribution in [3.63, 3.8) is 0 Å². The molecular formula is C19H13Br2F7N4O4. The number of halogens is 9. The Hall–Kier alpha value is -3.21. The Bertz CT molecular complexity index is 1360. The molecule has 1 aromatic heterocycles. The Labute approximate surface area is 212 Å². The molecule has 0 aliphatic rings. The van der Waals surface area contributed by atoms with Crippen LogP contribution in [0.4, 0.5) is 36.4 Å². The molecule has 3 rings (SSSR count). The smallest absolute Gasteiger partial charge is 0.449 e. The maximum Gasteiger partial charge on any atom is 0.449 e. The fraction of sp³-hybridized carbons (Fsp3) is 0.158. The van der Waals surface area contributed by atoms with Gasteiger partial charge in [-0.15, -0.1) is 0 Å². The molecule has 1 amide bonds. The molecule has 0 aliphatic carbocycles. The van der Waals surface area contributed by atoms with Gasteiger partial charge in [0.05, 0.1) is 16.6 Å². The number of aromatic amines is 1. The number of benzene rings is 2. The minimum absolute atomic E-state index is 0.0122. The van der Waals surface area contributed by atoms with Crippen LogP contribution in [0.25, 0.3) is 10.9 Å². The first-order valence-electron chi connectivity index (χ1n) is 8.87. The normalized spacial score (nSPS) is 11.2. The van der Waals surface area contributed by atoms with Crippen LogP contribution in [0.15, 0.2) is 38.0 Å². The van der Waals surface area contributed by atoms with Gasteiger partial charge in [-0.1, -0.05) is 31.9 Å². The lowest BCUT2D eigenvalue weighted by molar-refractivity contribution is -0.161. The van der Waals surface area contributed by atoms with Crippen LogP contribution >= 0.6 is 31.9 Å². The summed E-state index contributed by atoms with van der Waals surface area (Å²) in [6.45, 7) is 0.329. The number of carboxylic acids is 1. The van der Waals surface area contributed by atoms with E-state index in [2.05, 4.69) is 36.8 Å². The molecule has 3 aromatic rings. The highest BCUT2D eigenvalue weighted by Crippen LogP contribution is 2.27. The van der Waals surface area contributed by atoms with Gasteiger partial charge < -0.3 is 21.6 Å². The first-order chi connectivity index (χ1) is 16.2. The second-order valence-corrected chi connectivity index (χ2v) is 8.43. The summed E-state index contributed by atoms with van der Waals surface area (Å²) >= 11 is 5.94. The van der Waals surface area contributed by atoms with Gasteiger partial charge in [-0.3, -0.25) is 9.59 Å². The van der Waals surface area contributed by atoms with Crippen molar-refractivity contribution in [1.82, 2.24) is 9.97 Å². The molecule has 6 N–H and O–H groups in total. The van der Waals surface area contributed by atoms with Crippen molar-refractivity contribution in [1.29, 1.82) is 0 Å². The van der Waals surface area contributed by atoms with Gasteiger partial charge in [0.25, 0.3) is 11.5 Å². The van der Waals surface area contributed by atoms with E-state index in [0.29, 0.717) is 11.4 Å². The Morgan fingerprint density at radius 2 is 1.47 bits per heavy atom. The van der Waals surface area contributed by atoms with Crippen molar-refractivity contribution in [2.75, 3.05) is 5.73 Å². The van der Waals surface area contributed by atoms with Crippen LogP contribution in [-0.2, 0) is 11.0 Å². The molecule has 196 valence electrons. The number of nitrogens with two attached hydrogens (primary N) is 2. The van der Waals surface area contributed by atoms with Gasteiger partial charge in [-0.25, -0.2) is 18.6 Å². The van der Waals surface area contributed by atoms with E-state index in [1.54, 1.807) is 4.98 Å². The number of H-pyrrole nitrogens is 1. The van der Waals surface area contributed by atoms with E-state index in [1.165, 1.54) is 18.2 Å². The van der Waals surface area contributed by atoms with Crippen molar-refractivity contribution in [2.24, 2.45) is 5.73 Å². The lowest BCUT2D eigenvalue weighted by atomic mass is 10.1. The SMILES string of the molecule is CC(F)(F)C(=O)O.NC(=O)c1cc(Br)cc(F)c1N.O=c1[nH]c(C(F)(F)F)nc2c(F)cc(Br)cc12. The van der Waals surface area contributed by atoms with Crippen molar-refractivity contribution in [3.05, 3.63) is 66.6 Å². The molecule has 0 unspecified atom stereocenters. The molecule has 0 saturated heterocycles. The Balaban J connectivity index is 0.000000298. The van der Waals surface area contributed by atoms with Crippen molar-refractivity contribution >= 4 is 60.3 Å². The van der Waals surface area contributed by atoms with E-state index in [1.807, 2.05) is 0 Å². The number of rotatable bonds is 2. The zero-order chi connectivity index (χ0) is 28.2. The van der Waals surface area contributed by atoms with Crippen LogP contribution in [0.3, 0.4) is 0 Å². The zero-order valence-electron chi connectivity index (χ0n) is 17.5. The number of amides is 1. The number of carboxylic acid groups (broad SMARTS) is 1. The van der Waals surface area contributed by atoms with Crippen LogP contribution in [-0.4, -0.2) is 32.9 Å². The standard InChI is InChI=1S/C9H3BrF4N2O.C7H6BrFN2O.C3H4F2O2/c10-3-1-4-6(5(11)2-3)15-8(9(12,13)14)16-7(4)17;8-3-1-4(7(11)12)6(10)5(9)2-3;1-3(4,5)2(6)7/h1-2H,(H,15,16,17);1-2H,10H2,(H2,11,12);1H3,(H,6,7). The number of hydrogen-bond donors (Lipinski definition) is 4. The minimum atomic E-state index is -4.83. The van der Waals surface area contributed by atoms with Gasteiger partial charge in [0.15, 0.2) is 5.82 Å². The van der Waals surface area contributed by atoms with Crippen molar-refractivity contribution in [3.8, 4) is 0 Å². The molecule has 0 aliphatic heterocycles. The molecule has 0 saturated carbocycles. The molecule has 0 atom stereocenters. The number of carbonyl (C=O) groups is 2. The fourth-order valence-electron chi connectivity index (χ4n) is 2.09. The fourth-order valence-corrected chi connectivity index (χ4v) is 2.95. The van der Waals surface area contributed by atoms with Crippen molar-refractivity contribution < 1.29 is 45.4 Å². The van der Waals surface area contributed by atoms with E-state index < -0.39 is 52.5 Å². The average molecular weight is 654 g/mol. The first kappa shape index (κ1) is 30.8. The molecule has 0 radical (unpaired) electrons. The predicted molar refractivity (Wildman–Crippen MR) is 120 cm³/mol. The number of hydrogen-bond acceptors (Lipinski definition) is 5. The van der Waals surface area contributed by atoms with E-state index in [-0.39, 0.29) is 21.1 Å². The highest BCUT2D eigenvalue weighted by molar-refractivity contribution is 9.10. The molecule has 2 aromatic carbocycles. The van der Waals surface area contributed by atoms with Gasteiger partial charge in [-0.2, -0.15) is 22.0 Å². The zero-order valence-corrected chi connectivity index (χ0v) is 20.7. The number of nitrogens with zero attached hydrogens (tertiary/aromatic N) is 1. The Morgan fingerprint density at radius 3 is 1.92 bits per heavy atom. The lowest BCUT2D eigenvalue weighted by Gasteiger charge is -2.06. The molecule has 36 heavy (non-hydrogen) atoms. The van der Waals surface area contributed by atoms with Crippen LogP contribution in [0, 0.1) is 11.6 Å². The van der Waals surface area contributed by atoms with Crippen LogP contribution in [0.2, 0.25) is 0 Å². The summed E-state index contributed by atoms with van der Waals surface area (Å²) in [5.74, 6) is -9.58. The summed E-state index contributed by atoms with van der Waals surface area (Å²) in [4.78, 5) is 36.0. The third-order valence-corrected chi connectivity index (χ3v) is 4.65. The number of aromatic nitrogens is 2. The summed E-state index contributed by atoms with van der Waals surface area (Å²) < 4.78 is 86.4. The van der Waals surface area contributed by atoms with Gasteiger partial charge in [0, 0.05) is 15.9 Å². The third-order valence-electron chi connectivity index (χ3n) is 3.73. The second kappa shape index (κ2) is 11.7. The second-order valence-electron chi connectivity index (χ2n) is 6.60. The highest BCUT2D eigenvalue weighted by Gasteiger charge is 2.35. The van der Waals surface area contributed by atoms with Crippen LogP contribution in [0.5, 0.6) is 0 Å². The highest BCUT2D eigenvalue weighted by atomic mass is 79.9. The van der Waals surface area contributed by atoms with Gasteiger partial charge >= 0.3 is 18.1 Å². The summed E-state index contributed by atoms with van der Waals surface area (Å²) in [7, 11) is 0. The Kier molecular flexibility index (Phi) is 10.0. The number of anilines is 1. The molecule has 8 nitrogen and oxygen atoms in total.